The van der Waals surface area contributed by atoms with Crippen LogP contribution in [-0.2, 0) is 0 Å². The molecule has 0 radical (unpaired) electrons. The molecule has 0 saturated carbocycles. The normalized spacial score (nSPS) is 18.8. The molecule has 3 heterocycles. The summed E-state index contributed by atoms with van der Waals surface area (Å²) in [7, 11) is 0. The maximum Gasteiger partial charge on any atom is 0.265 e. The van der Waals surface area contributed by atoms with Gasteiger partial charge in [-0.2, -0.15) is 0 Å². The van der Waals surface area contributed by atoms with Crippen LogP contribution >= 0.6 is 11.3 Å². The highest BCUT2D eigenvalue weighted by Gasteiger charge is 2.38. The van der Waals surface area contributed by atoms with Crippen LogP contribution in [0.15, 0.2) is 41.8 Å². The molecule has 0 unspecified atom stereocenters. The zero-order valence-electron chi connectivity index (χ0n) is 14.7. The van der Waals surface area contributed by atoms with Crippen LogP contribution in [0.4, 0.5) is 5.69 Å². The molecule has 1 spiro atoms. The molecule has 2 aromatic rings. The Kier molecular flexibility index (Phi) is 4.78. The molecule has 2 fully saturated rings. The highest BCUT2D eigenvalue weighted by molar-refractivity contribution is 7.12. The number of hydrogen-bond acceptors (Lipinski definition) is 4. The van der Waals surface area contributed by atoms with E-state index in [0.29, 0.717) is 21.5 Å². The van der Waals surface area contributed by atoms with Crippen LogP contribution in [0.25, 0.3) is 0 Å². The standard InChI is InChI=1S/C20H23N3O2S/c24-18(17-6-3-13-26-17)22-16-5-2-1-4-15(16)19(25)23-11-8-20(9-12-23)7-10-21-14-20/h1-6,13,21H,7-12,14H2,(H,22,24). The van der Waals surface area contributed by atoms with E-state index in [-0.39, 0.29) is 11.8 Å². The molecule has 2 aliphatic rings. The molecule has 2 N–H and O–H groups in total. The molecular formula is C20H23N3O2S. The summed E-state index contributed by atoms with van der Waals surface area (Å²) < 4.78 is 0. The quantitative estimate of drug-likeness (QED) is 0.873. The molecule has 2 saturated heterocycles. The number of carbonyl (C=O) groups is 2. The second kappa shape index (κ2) is 7.21. The SMILES string of the molecule is O=C(Nc1ccccc1C(=O)N1CCC2(CCNC2)CC1)c1cccs1. The number of amides is 2. The molecule has 1 aromatic heterocycles. The van der Waals surface area contributed by atoms with Crippen LogP contribution in [0.1, 0.15) is 39.3 Å². The summed E-state index contributed by atoms with van der Waals surface area (Å²) in [6.45, 7) is 3.73. The zero-order chi connectivity index (χ0) is 18.0. The van der Waals surface area contributed by atoms with Crippen molar-refractivity contribution in [3.8, 4) is 0 Å². The third kappa shape index (κ3) is 3.39. The number of rotatable bonds is 3. The Morgan fingerprint density at radius 3 is 2.58 bits per heavy atom. The minimum Gasteiger partial charge on any atom is -0.339 e. The van der Waals surface area contributed by atoms with Crippen molar-refractivity contribution in [3.63, 3.8) is 0 Å². The first-order chi connectivity index (χ1) is 12.7. The van der Waals surface area contributed by atoms with Crippen LogP contribution in [0.3, 0.4) is 0 Å². The molecular weight excluding hydrogens is 346 g/mol. The van der Waals surface area contributed by atoms with Gasteiger partial charge in [-0.15, -0.1) is 11.3 Å². The van der Waals surface area contributed by atoms with Gasteiger partial charge in [0.1, 0.15) is 0 Å². The van der Waals surface area contributed by atoms with Crippen molar-refractivity contribution in [1.82, 2.24) is 10.2 Å². The van der Waals surface area contributed by atoms with E-state index >= 15 is 0 Å². The molecule has 2 aliphatic heterocycles. The van der Waals surface area contributed by atoms with E-state index in [1.165, 1.54) is 17.8 Å². The molecule has 0 atom stereocenters. The summed E-state index contributed by atoms with van der Waals surface area (Å²) in [6.07, 6.45) is 3.31. The number of nitrogens with zero attached hydrogens (tertiary/aromatic N) is 1. The minimum absolute atomic E-state index is 0.00730. The minimum atomic E-state index is -0.171. The molecule has 4 rings (SSSR count). The fourth-order valence-electron chi connectivity index (χ4n) is 3.95. The third-order valence-electron chi connectivity index (χ3n) is 5.59. The lowest BCUT2D eigenvalue weighted by Crippen LogP contribution is -2.44. The third-order valence-corrected chi connectivity index (χ3v) is 6.46. The molecule has 0 bridgehead atoms. The van der Waals surface area contributed by atoms with Gasteiger partial charge in [0.25, 0.3) is 11.8 Å². The molecule has 136 valence electrons. The van der Waals surface area contributed by atoms with E-state index in [2.05, 4.69) is 10.6 Å². The Morgan fingerprint density at radius 2 is 1.88 bits per heavy atom. The lowest BCUT2D eigenvalue weighted by atomic mass is 9.78. The van der Waals surface area contributed by atoms with Gasteiger partial charge in [0.15, 0.2) is 0 Å². The molecule has 1 aromatic carbocycles. The number of nitrogens with one attached hydrogen (secondary N) is 2. The van der Waals surface area contributed by atoms with Gasteiger partial charge < -0.3 is 15.5 Å². The maximum atomic E-state index is 13.1. The number of hydrogen-bond donors (Lipinski definition) is 2. The van der Waals surface area contributed by atoms with Crippen molar-refractivity contribution < 1.29 is 9.59 Å². The highest BCUT2D eigenvalue weighted by Crippen LogP contribution is 2.37. The van der Waals surface area contributed by atoms with E-state index < -0.39 is 0 Å². The van der Waals surface area contributed by atoms with Gasteiger partial charge in [0.2, 0.25) is 0 Å². The van der Waals surface area contributed by atoms with Gasteiger partial charge in [-0.3, -0.25) is 9.59 Å². The smallest absolute Gasteiger partial charge is 0.265 e. The Bertz CT molecular complexity index is 787. The largest absolute Gasteiger partial charge is 0.339 e. The van der Waals surface area contributed by atoms with Crippen LogP contribution in [-0.4, -0.2) is 42.9 Å². The predicted octanol–water partition coefficient (Wildman–Crippen LogP) is 3.22. The maximum absolute atomic E-state index is 13.1. The van der Waals surface area contributed by atoms with Crippen molar-refractivity contribution in [2.24, 2.45) is 5.41 Å². The first kappa shape index (κ1) is 17.2. The lowest BCUT2D eigenvalue weighted by molar-refractivity contribution is 0.0608. The van der Waals surface area contributed by atoms with E-state index in [1.54, 1.807) is 18.2 Å². The van der Waals surface area contributed by atoms with Crippen molar-refractivity contribution in [2.45, 2.75) is 19.3 Å². The second-order valence-electron chi connectivity index (χ2n) is 7.20. The van der Waals surface area contributed by atoms with Gasteiger partial charge >= 0.3 is 0 Å². The molecule has 26 heavy (non-hydrogen) atoms. The van der Waals surface area contributed by atoms with Gasteiger partial charge in [-0.1, -0.05) is 18.2 Å². The summed E-state index contributed by atoms with van der Waals surface area (Å²) in [5, 5.41) is 8.22. The number of benzene rings is 1. The van der Waals surface area contributed by atoms with Crippen molar-refractivity contribution in [1.29, 1.82) is 0 Å². The Hall–Kier alpha value is -2.18. The van der Waals surface area contributed by atoms with Gasteiger partial charge in [0.05, 0.1) is 16.1 Å². The zero-order valence-corrected chi connectivity index (χ0v) is 15.5. The van der Waals surface area contributed by atoms with Gasteiger partial charge in [-0.25, -0.2) is 0 Å². The van der Waals surface area contributed by atoms with Crippen LogP contribution in [0.5, 0.6) is 0 Å². The predicted molar refractivity (Wildman–Crippen MR) is 104 cm³/mol. The first-order valence-electron chi connectivity index (χ1n) is 9.11. The van der Waals surface area contributed by atoms with Crippen LogP contribution in [0.2, 0.25) is 0 Å². The van der Waals surface area contributed by atoms with Crippen molar-refractivity contribution >= 4 is 28.8 Å². The fraction of sp³-hybridized carbons (Fsp3) is 0.400. The Balaban J connectivity index is 1.47. The summed E-state index contributed by atoms with van der Waals surface area (Å²) >= 11 is 1.39. The number of likely N-dealkylation sites (tertiary alicyclic amines) is 1. The Morgan fingerprint density at radius 1 is 1.08 bits per heavy atom. The number of piperidine rings is 1. The average Bonchev–Trinajstić information content (AvgIpc) is 3.35. The van der Waals surface area contributed by atoms with E-state index in [4.69, 9.17) is 0 Å². The monoisotopic (exact) mass is 369 g/mol. The highest BCUT2D eigenvalue weighted by atomic mass is 32.1. The van der Waals surface area contributed by atoms with Crippen molar-refractivity contribution in [3.05, 3.63) is 52.2 Å². The molecule has 5 nitrogen and oxygen atoms in total. The average molecular weight is 369 g/mol. The second-order valence-corrected chi connectivity index (χ2v) is 8.14. The lowest BCUT2D eigenvalue weighted by Gasteiger charge is -2.39. The number of anilines is 1. The van der Waals surface area contributed by atoms with E-state index in [0.717, 1.165) is 39.0 Å². The molecule has 0 aliphatic carbocycles. The van der Waals surface area contributed by atoms with E-state index in [1.807, 2.05) is 28.5 Å². The fourth-order valence-corrected chi connectivity index (χ4v) is 4.57. The first-order valence-corrected chi connectivity index (χ1v) is 9.99. The summed E-state index contributed by atoms with van der Waals surface area (Å²) in [6, 6.07) is 10.9. The number of carbonyl (C=O) groups excluding carboxylic acids is 2. The van der Waals surface area contributed by atoms with Crippen LogP contribution < -0.4 is 10.6 Å². The summed E-state index contributed by atoms with van der Waals surface area (Å²) in [5.41, 5.74) is 1.53. The van der Waals surface area contributed by atoms with E-state index in [9.17, 15) is 9.59 Å². The van der Waals surface area contributed by atoms with Crippen molar-refractivity contribution in [2.75, 3.05) is 31.5 Å². The number of thiophene rings is 1. The molecule has 6 heteroatoms. The molecule has 2 amide bonds. The van der Waals surface area contributed by atoms with Crippen LogP contribution in [0, 0.1) is 5.41 Å². The Labute approximate surface area is 157 Å². The topological polar surface area (TPSA) is 61.4 Å². The number of para-hydroxylation sites is 1. The van der Waals surface area contributed by atoms with Gasteiger partial charge in [0, 0.05) is 19.6 Å². The van der Waals surface area contributed by atoms with Gasteiger partial charge in [-0.05, 0) is 54.8 Å². The summed E-state index contributed by atoms with van der Waals surface area (Å²) in [5.74, 6) is -0.164. The summed E-state index contributed by atoms with van der Waals surface area (Å²) in [4.78, 5) is 28.0.